The van der Waals surface area contributed by atoms with Crippen molar-refractivity contribution in [2.45, 2.75) is 32.6 Å². The first-order valence-electron chi connectivity index (χ1n) is 10.5. The summed E-state index contributed by atoms with van der Waals surface area (Å²) in [6.45, 7) is 6.77. The molecule has 1 saturated heterocycles. The number of hydrogen-bond donors (Lipinski definition) is 3. The maximum absolute atomic E-state index is 4.39. The Hall–Kier alpha value is -2.92. The SMILES string of the molecule is CC(C)c1c(-c2ccnc3[nH]ncc23)[nH]c2ccc(/C=C/C3CCNCC3)cc12. The molecule has 0 aliphatic carbocycles. The number of hydrogen-bond acceptors (Lipinski definition) is 3. The Kier molecular flexibility index (Phi) is 4.68. The van der Waals surface area contributed by atoms with Crippen LogP contribution in [0.1, 0.15) is 43.7 Å². The molecule has 3 aromatic heterocycles. The lowest BCUT2D eigenvalue weighted by atomic mass is 9.94. The highest BCUT2D eigenvalue weighted by Gasteiger charge is 2.18. The Labute approximate surface area is 170 Å². The van der Waals surface area contributed by atoms with Gasteiger partial charge in [-0.15, -0.1) is 0 Å². The molecule has 4 aromatic rings. The Balaban J connectivity index is 1.60. The van der Waals surface area contributed by atoms with E-state index >= 15 is 0 Å². The first-order chi connectivity index (χ1) is 14.2. The lowest BCUT2D eigenvalue weighted by molar-refractivity contribution is 0.438. The maximum atomic E-state index is 4.39. The molecule has 148 valence electrons. The normalized spacial score (nSPS) is 16.0. The van der Waals surface area contributed by atoms with Crippen molar-refractivity contribution in [1.29, 1.82) is 0 Å². The number of H-pyrrole nitrogens is 2. The molecule has 1 aliphatic rings. The Morgan fingerprint density at radius 1 is 1.10 bits per heavy atom. The number of aromatic nitrogens is 4. The second-order valence-electron chi connectivity index (χ2n) is 8.31. The average molecular weight is 386 g/mol. The summed E-state index contributed by atoms with van der Waals surface area (Å²) in [6, 6.07) is 8.83. The van der Waals surface area contributed by atoms with E-state index < -0.39 is 0 Å². The fourth-order valence-electron chi connectivity index (χ4n) is 4.50. The number of piperidine rings is 1. The van der Waals surface area contributed by atoms with Crippen LogP contribution < -0.4 is 5.32 Å². The molecule has 1 aliphatic heterocycles. The van der Waals surface area contributed by atoms with Crippen molar-refractivity contribution in [3.63, 3.8) is 0 Å². The summed E-state index contributed by atoms with van der Waals surface area (Å²) in [6.07, 6.45) is 10.9. The zero-order chi connectivity index (χ0) is 19.8. The third-order valence-corrected chi connectivity index (χ3v) is 6.01. The van der Waals surface area contributed by atoms with E-state index in [1.165, 1.54) is 40.6 Å². The van der Waals surface area contributed by atoms with Crippen LogP contribution in [0.5, 0.6) is 0 Å². The van der Waals surface area contributed by atoms with Gasteiger partial charge in [-0.3, -0.25) is 5.10 Å². The largest absolute Gasteiger partial charge is 0.354 e. The molecular formula is C24H27N5. The Bertz CT molecular complexity index is 1170. The number of fused-ring (bicyclic) bond motifs is 2. The van der Waals surface area contributed by atoms with Gasteiger partial charge in [0.05, 0.1) is 11.9 Å². The van der Waals surface area contributed by atoms with Gasteiger partial charge < -0.3 is 10.3 Å². The van der Waals surface area contributed by atoms with Gasteiger partial charge in [0, 0.05) is 28.0 Å². The second-order valence-corrected chi connectivity index (χ2v) is 8.31. The fourth-order valence-corrected chi connectivity index (χ4v) is 4.50. The van der Waals surface area contributed by atoms with Crippen LogP contribution in [0.25, 0.3) is 39.3 Å². The smallest absolute Gasteiger partial charge is 0.155 e. The minimum absolute atomic E-state index is 0.400. The van der Waals surface area contributed by atoms with E-state index in [9.17, 15) is 0 Å². The first kappa shape index (κ1) is 18.1. The number of nitrogens with zero attached hydrogens (tertiary/aromatic N) is 2. The molecule has 0 unspecified atom stereocenters. The summed E-state index contributed by atoms with van der Waals surface area (Å²) in [5.74, 6) is 1.09. The van der Waals surface area contributed by atoms with E-state index in [0.29, 0.717) is 11.8 Å². The Morgan fingerprint density at radius 3 is 2.79 bits per heavy atom. The van der Waals surface area contributed by atoms with E-state index in [0.717, 1.165) is 29.7 Å². The van der Waals surface area contributed by atoms with Gasteiger partial charge in [0.25, 0.3) is 0 Å². The van der Waals surface area contributed by atoms with Crippen LogP contribution in [0.15, 0.2) is 42.7 Å². The first-order valence-corrected chi connectivity index (χ1v) is 10.5. The number of nitrogens with one attached hydrogen (secondary N) is 3. The van der Waals surface area contributed by atoms with E-state index in [1.54, 1.807) is 0 Å². The van der Waals surface area contributed by atoms with E-state index in [2.05, 4.69) is 75.7 Å². The molecule has 5 rings (SSSR count). The third kappa shape index (κ3) is 3.36. The van der Waals surface area contributed by atoms with Crippen molar-refractivity contribution in [2.24, 2.45) is 5.92 Å². The summed E-state index contributed by atoms with van der Waals surface area (Å²) in [4.78, 5) is 8.07. The number of pyridine rings is 1. The van der Waals surface area contributed by atoms with Crippen LogP contribution in [0.3, 0.4) is 0 Å². The van der Waals surface area contributed by atoms with Crippen LogP contribution in [0.2, 0.25) is 0 Å². The quantitative estimate of drug-likeness (QED) is 0.450. The number of allylic oxidation sites excluding steroid dienone is 1. The van der Waals surface area contributed by atoms with Gasteiger partial charge in [-0.1, -0.05) is 32.1 Å². The van der Waals surface area contributed by atoms with Crippen LogP contribution in [-0.4, -0.2) is 33.3 Å². The topological polar surface area (TPSA) is 69.4 Å². The van der Waals surface area contributed by atoms with Gasteiger partial charge in [-0.25, -0.2) is 4.98 Å². The molecule has 5 nitrogen and oxygen atoms in total. The van der Waals surface area contributed by atoms with E-state index in [1.807, 2.05) is 12.4 Å². The molecule has 5 heteroatoms. The van der Waals surface area contributed by atoms with Crippen LogP contribution in [-0.2, 0) is 0 Å². The van der Waals surface area contributed by atoms with Gasteiger partial charge in [0.1, 0.15) is 0 Å². The van der Waals surface area contributed by atoms with Crippen molar-refractivity contribution in [3.05, 3.63) is 53.9 Å². The molecule has 0 spiro atoms. The third-order valence-electron chi connectivity index (χ3n) is 6.01. The van der Waals surface area contributed by atoms with Crippen molar-refractivity contribution < 1.29 is 0 Å². The molecule has 0 bridgehead atoms. The Morgan fingerprint density at radius 2 is 1.97 bits per heavy atom. The number of aromatic amines is 2. The van der Waals surface area contributed by atoms with Gasteiger partial charge in [-0.05, 0) is 67.1 Å². The minimum Gasteiger partial charge on any atom is -0.354 e. The highest BCUT2D eigenvalue weighted by atomic mass is 15.1. The van der Waals surface area contributed by atoms with Crippen molar-refractivity contribution in [2.75, 3.05) is 13.1 Å². The zero-order valence-corrected chi connectivity index (χ0v) is 17.0. The summed E-state index contributed by atoms with van der Waals surface area (Å²) in [5, 5.41) is 13.0. The van der Waals surface area contributed by atoms with Gasteiger partial charge in [0.15, 0.2) is 5.65 Å². The molecule has 4 heterocycles. The summed E-state index contributed by atoms with van der Waals surface area (Å²) in [7, 11) is 0. The molecule has 1 aromatic carbocycles. The van der Waals surface area contributed by atoms with Crippen molar-refractivity contribution in [3.8, 4) is 11.3 Å². The predicted molar refractivity (Wildman–Crippen MR) is 120 cm³/mol. The zero-order valence-electron chi connectivity index (χ0n) is 17.0. The van der Waals surface area contributed by atoms with Crippen LogP contribution in [0.4, 0.5) is 0 Å². The lowest BCUT2D eigenvalue weighted by Gasteiger charge is -2.19. The molecule has 0 atom stereocenters. The predicted octanol–water partition coefficient (Wildman–Crippen LogP) is 5.24. The van der Waals surface area contributed by atoms with Crippen molar-refractivity contribution >= 4 is 28.0 Å². The van der Waals surface area contributed by atoms with E-state index in [-0.39, 0.29) is 0 Å². The van der Waals surface area contributed by atoms with Crippen LogP contribution >= 0.6 is 0 Å². The second kappa shape index (κ2) is 7.48. The van der Waals surface area contributed by atoms with Gasteiger partial charge in [-0.2, -0.15) is 5.10 Å². The monoisotopic (exact) mass is 385 g/mol. The maximum Gasteiger partial charge on any atom is 0.155 e. The summed E-state index contributed by atoms with van der Waals surface area (Å²) >= 11 is 0. The van der Waals surface area contributed by atoms with Gasteiger partial charge in [0.2, 0.25) is 0 Å². The molecule has 0 amide bonds. The molecule has 0 saturated carbocycles. The highest BCUT2D eigenvalue weighted by Crippen LogP contribution is 2.38. The van der Waals surface area contributed by atoms with Crippen LogP contribution in [0, 0.1) is 5.92 Å². The minimum atomic E-state index is 0.400. The summed E-state index contributed by atoms with van der Waals surface area (Å²) in [5.41, 5.74) is 6.94. The average Bonchev–Trinajstić information content (AvgIpc) is 3.37. The molecule has 1 fully saturated rings. The molecular weight excluding hydrogens is 358 g/mol. The van der Waals surface area contributed by atoms with E-state index in [4.69, 9.17) is 0 Å². The highest BCUT2D eigenvalue weighted by molar-refractivity contribution is 5.99. The fraction of sp³-hybridized carbons (Fsp3) is 0.333. The van der Waals surface area contributed by atoms with Gasteiger partial charge >= 0.3 is 0 Å². The summed E-state index contributed by atoms with van der Waals surface area (Å²) < 4.78 is 0. The standard InChI is InChI=1S/C24H27N5/c1-15(2)22-19-13-17(4-3-16-7-10-25-11-8-16)5-6-21(19)28-23(22)18-9-12-26-24-20(18)14-27-29-24/h3-6,9,12-16,25,28H,7-8,10-11H2,1-2H3,(H,26,27,29)/b4-3+. The molecule has 3 N–H and O–H groups in total. The molecule has 29 heavy (non-hydrogen) atoms. The van der Waals surface area contributed by atoms with Crippen molar-refractivity contribution in [1.82, 2.24) is 25.5 Å². The number of benzene rings is 1. The number of rotatable bonds is 4. The molecule has 0 radical (unpaired) electrons. The lowest BCUT2D eigenvalue weighted by Crippen LogP contribution is -2.26.